The molecule has 0 aromatic heterocycles. The molecular weight excluding hydrogens is 300 g/mol. The van der Waals surface area contributed by atoms with Gasteiger partial charge in [-0.05, 0) is 55.5 Å². The van der Waals surface area contributed by atoms with Crippen LogP contribution in [-0.4, -0.2) is 12.6 Å². The van der Waals surface area contributed by atoms with Gasteiger partial charge in [-0.15, -0.1) is 0 Å². The van der Waals surface area contributed by atoms with Crippen LogP contribution in [0.3, 0.4) is 0 Å². The average Bonchev–Trinajstić information content (AvgIpc) is 2.45. The van der Waals surface area contributed by atoms with E-state index in [9.17, 15) is 4.79 Å². The third kappa shape index (κ3) is 4.85. The van der Waals surface area contributed by atoms with E-state index in [1.54, 1.807) is 0 Å². The van der Waals surface area contributed by atoms with Gasteiger partial charge in [0.1, 0.15) is 11.5 Å². The highest BCUT2D eigenvalue weighted by molar-refractivity contribution is 5.74. The number of benzene rings is 2. The molecule has 3 nitrogen and oxygen atoms in total. The molecule has 0 heterocycles. The number of hydrogen-bond donors (Lipinski definition) is 0. The highest BCUT2D eigenvalue weighted by Gasteiger charge is 2.21. The molecule has 0 radical (unpaired) electrons. The Morgan fingerprint density at radius 2 is 1.54 bits per heavy atom. The van der Waals surface area contributed by atoms with E-state index in [-0.39, 0.29) is 12.0 Å². The summed E-state index contributed by atoms with van der Waals surface area (Å²) < 4.78 is 11.1. The van der Waals surface area contributed by atoms with Crippen LogP contribution in [0.15, 0.2) is 36.4 Å². The number of hydrogen-bond acceptors (Lipinski definition) is 3. The molecule has 2 aromatic rings. The number of esters is 1. The maximum Gasteiger partial charge on any atom is 0.349 e. The molecule has 0 aliphatic rings. The summed E-state index contributed by atoms with van der Waals surface area (Å²) in [5, 5.41) is 0. The van der Waals surface area contributed by atoms with Gasteiger partial charge in [0.2, 0.25) is 0 Å². The second-order valence-corrected chi connectivity index (χ2v) is 7.34. The summed E-state index contributed by atoms with van der Waals surface area (Å²) >= 11 is 0. The van der Waals surface area contributed by atoms with Crippen molar-refractivity contribution in [1.29, 1.82) is 0 Å². The Hall–Kier alpha value is -2.29. The molecule has 128 valence electrons. The lowest BCUT2D eigenvalue weighted by atomic mass is 9.85. The Kier molecular flexibility index (Phi) is 5.33. The van der Waals surface area contributed by atoms with Crippen molar-refractivity contribution in [3.05, 3.63) is 58.7 Å². The molecule has 0 fully saturated rings. The summed E-state index contributed by atoms with van der Waals surface area (Å²) in [6.45, 7) is 12.2. The highest BCUT2D eigenvalue weighted by Crippen LogP contribution is 2.32. The maximum absolute atomic E-state index is 12.2. The first kappa shape index (κ1) is 18.1. The molecule has 0 N–H and O–H groups in total. The molecule has 0 saturated heterocycles. The van der Waals surface area contributed by atoms with Crippen molar-refractivity contribution in [2.45, 2.75) is 47.0 Å². The predicted molar refractivity (Wildman–Crippen MR) is 96.9 cm³/mol. The lowest BCUT2D eigenvalue weighted by Gasteiger charge is -2.22. The molecule has 0 bridgehead atoms. The van der Waals surface area contributed by atoms with Gasteiger partial charge in [-0.2, -0.15) is 0 Å². The zero-order chi connectivity index (χ0) is 17.9. The van der Waals surface area contributed by atoms with Gasteiger partial charge in [-0.25, -0.2) is 4.79 Å². The van der Waals surface area contributed by atoms with E-state index in [4.69, 9.17) is 9.47 Å². The van der Waals surface area contributed by atoms with Crippen molar-refractivity contribution in [3.8, 4) is 11.5 Å². The van der Waals surface area contributed by atoms with E-state index in [2.05, 4.69) is 32.9 Å². The zero-order valence-corrected chi connectivity index (χ0v) is 15.4. The first-order valence-electron chi connectivity index (χ1n) is 8.18. The largest absolute Gasteiger partial charge is 0.482 e. The summed E-state index contributed by atoms with van der Waals surface area (Å²) in [7, 11) is 0. The topological polar surface area (TPSA) is 35.5 Å². The Morgan fingerprint density at radius 1 is 0.917 bits per heavy atom. The third-order valence-electron chi connectivity index (χ3n) is 3.72. The first-order chi connectivity index (χ1) is 11.1. The second-order valence-electron chi connectivity index (χ2n) is 7.34. The van der Waals surface area contributed by atoms with Crippen molar-refractivity contribution in [2.75, 3.05) is 6.61 Å². The molecule has 0 unspecified atom stereocenters. The van der Waals surface area contributed by atoms with Gasteiger partial charge in [0.15, 0.2) is 6.61 Å². The first-order valence-corrected chi connectivity index (χ1v) is 8.18. The fraction of sp³-hybridized carbons (Fsp3) is 0.381. The van der Waals surface area contributed by atoms with Crippen LogP contribution >= 0.6 is 0 Å². The van der Waals surface area contributed by atoms with Crippen molar-refractivity contribution in [1.82, 2.24) is 0 Å². The maximum atomic E-state index is 12.2. The standard InChI is InChI=1S/C21H26O3/c1-14-7-8-19(18(12-14)21(4,5)6)24-20(22)13-23-17-10-15(2)9-16(3)11-17/h7-12H,13H2,1-6H3. The van der Waals surface area contributed by atoms with Gasteiger partial charge >= 0.3 is 5.97 Å². The van der Waals surface area contributed by atoms with Crippen molar-refractivity contribution >= 4 is 5.97 Å². The van der Waals surface area contributed by atoms with Gasteiger partial charge in [0.25, 0.3) is 0 Å². The fourth-order valence-electron chi connectivity index (χ4n) is 2.63. The van der Waals surface area contributed by atoms with Crippen LogP contribution in [0.4, 0.5) is 0 Å². The minimum atomic E-state index is -0.400. The van der Waals surface area contributed by atoms with Gasteiger partial charge in [0.05, 0.1) is 0 Å². The van der Waals surface area contributed by atoms with Crippen LogP contribution < -0.4 is 9.47 Å². The van der Waals surface area contributed by atoms with Gasteiger partial charge in [-0.3, -0.25) is 0 Å². The van der Waals surface area contributed by atoms with Crippen molar-refractivity contribution in [3.63, 3.8) is 0 Å². The Bertz CT molecular complexity index is 719. The molecule has 0 amide bonds. The molecule has 24 heavy (non-hydrogen) atoms. The Morgan fingerprint density at radius 3 is 2.12 bits per heavy atom. The van der Waals surface area contributed by atoms with Crippen LogP contribution in [-0.2, 0) is 10.2 Å². The lowest BCUT2D eigenvalue weighted by molar-refractivity contribution is -0.136. The molecule has 0 spiro atoms. The van der Waals surface area contributed by atoms with Crippen LogP contribution in [0.25, 0.3) is 0 Å². The van der Waals surface area contributed by atoms with E-state index in [1.807, 2.05) is 45.0 Å². The molecule has 2 rings (SSSR count). The molecule has 2 aromatic carbocycles. The summed E-state index contributed by atoms with van der Waals surface area (Å²) in [5.41, 5.74) is 4.27. The van der Waals surface area contributed by atoms with Crippen LogP contribution in [0.2, 0.25) is 0 Å². The monoisotopic (exact) mass is 326 g/mol. The van der Waals surface area contributed by atoms with Gasteiger partial charge < -0.3 is 9.47 Å². The Balaban J connectivity index is 2.07. The zero-order valence-electron chi connectivity index (χ0n) is 15.4. The predicted octanol–water partition coefficient (Wildman–Crippen LogP) is 4.89. The van der Waals surface area contributed by atoms with Gasteiger partial charge in [0, 0.05) is 5.56 Å². The minimum Gasteiger partial charge on any atom is -0.482 e. The van der Waals surface area contributed by atoms with E-state index in [0.29, 0.717) is 11.5 Å². The quantitative estimate of drug-likeness (QED) is 0.592. The van der Waals surface area contributed by atoms with Crippen LogP contribution in [0.1, 0.15) is 43.0 Å². The van der Waals surface area contributed by atoms with Crippen LogP contribution in [0, 0.1) is 20.8 Å². The number of carbonyl (C=O) groups excluding carboxylic acids is 1. The summed E-state index contributed by atoms with van der Waals surface area (Å²) in [6.07, 6.45) is 0. The Labute approximate surface area is 144 Å². The number of aryl methyl sites for hydroxylation is 3. The number of carbonyl (C=O) groups is 1. The molecule has 0 aliphatic carbocycles. The molecule has 0 saturated carbocycles. The summed E-state index contributed by atoms with van der Waals surface area (Å²) in [5.74, 6) is 0.884. The minimum absolute atomic E-state index is 0.101. The normalized spacial score (nSPS) is 11.2. The number of ether oxygens (including phenoxy) is 2. The van der Waals surface area contributed by atoms with E-state index >= 15 is 0 Å². The molecule has 0 atom stereocenters. The van der Waals surface area contributed by atoms with E-state index in [1.165, 1.54) is 0 Å². The molecular formula is C21H26O3. The fourth-order valence-corrected chi connectivity index (χ4v) is 2.63. The van der Waals surface area contributed by atoms with Crippen LogP contribution in [0.5, 0.6) is 11.5 Å². The summed E-state index contributed by atoms with van der Waals surface area (Å²) in [6, 6.07) is 11.7. The molecule has 0 aliphatic heterocycles. The van der Waals surface area contributed by atoms with Crippen molar-refractivity contribution < 1.29 is 14.3 Å². The average molecular weight is 326 g/mol. The lowest BCUT2D eigenvalue weighted by Crippen LogP contribution is -2.21. The van der Waals surface area contributed by atoms with E-state index in [0.717, 1.165) is 22.3 Å². The second kappa shape index (κ2) is 7.08. The SMILES string of the molecule is Cc1cc(C)cc(OCC(=O)Oc2ccc(C)cc2C(C)(C)C)c1. The third-order valence-corrected chi connectivity index (χ3v) is 3.72. The number of rotatable bonds is 4. The summed E-state index contributed by atoms with van der Waals surface area (Å²) in [4.78, 5) is 12.2. The smallest absolute Gasteiger partial charge is 0.349 e. The van der Waals surface area contributed by atoms with Crippen molar-refractivity contribution in [2.24, 2.45) is 0 Å². The highest BCUT2D eigenvalue weighted by atomic mass is 16.6. The van der Waals surface area contributed by atoms with Gasteiger partial charge in [-0.1, -0.05) is 44.5 Å². The van der Waals surface area contributed by atoms with E-state index < -0.39 is 5.97 Å². The molecule has 3 heteroatoms.